The largest absolute Gasteiger partial charge is 0.298 e. The van der Waals surface area contributed by atoms with Crippen molar-refractivity contribution in [3.05, 3.63) is 22.8 Å². The second kappa shape index (κ2) is 4.96. The Hall–Kier alpha value is -1.22. The van der Waals surface area contributed by atoms with E-state index in [4.69, 9.17) is 11.6 Å². The molecule has 0 unspecified atom stereocenters. The molecule has 90 valence electrons. The van der Waals surface area contributed by atoms with Crippen molar-refractivity contribution in [2.45, 2.75) is 32.1 Å². The van der Waals surface area contributed by atoms with Crippen LogP contribution in [0.1, 0.15) is 32.1 Å². The Bertz CT molecular complexity index is 430. The lowest BCUT2D eigenvalue weighted by molar-refractivity contribution is -0.140. The van der Waals surface area contributed by atoms with Crippen molar-refractivity contribution in [2.24, 2.45) is 5.92 Å². The maximum Gasteiger partial charge on any atom is 0.181 e. The smallest absolute Gasteiger partial charge is 0.181 e. The fraction of sp³-hybridized carbons (Fsp3) is 0.462. The normalized spacial score (nSPS) is 22.2. The van der Waals surface area contributed by atoms with E-state index < -0.39 is 11.7 Å². The first-order valence-corrected chi connectivity index (χ1v) is 6.14. The van der Waals surface area contributed by atoms with Crippen LogP contribution in [0.15, 0.2) is 22.8 Å². The van der Waals surface area contributed by atoms with Gasteiger partial charge in [0.05, 0.1) is 0 Å². The first kappa shape index (κ1) is 12.2. The van der Waals surface area contributed by atoms with Gasteiger partial charge in [0.2, 0.25) is 0 Å². The number of hydrogen-bond donors (Lipinski definition) is 0. The van der Waals surface area contributed by atoms with Gasteiger partial charge in [0.1, 0.15) is 5.92 Å². The molecule has 0 saturated heterocycles. The molecule has 0 aliphatic heterocycles. The minimum absolute atomic E-state index is 0.262. The Kier molecular flexibility index (Phi) is 3.57. The summed E-state index contributed by atoms with van der Waals surface area (Å²) in [6, 6.07) is 0. The van der Waals surface area contributed by atoms with Gasteiger partial charge < -0.3 is 0 Å². The highest BCUT2D eigenvalue weighted by Gasteiger charge is 2.37. The molecule has 0 spiro atoms. The molecule has 0 aromatic carbocycles. The summed E-state index contributed by atoms with van der Waals surface area (Å²) in [5.74, 6) is -2.04. The van der Waals surface area contributed by atoms with Gasteiger partial charge in [-0.3, -0.25) is 14.4 Å². The molecule has 0 aromatic heterocycles. The summed E-state index contributed by atoms with van der Waals surface area (Å²) in [4.78, 5) is 35.5. The lowest BCUT2D eigenvalue weighted by Gasteiger charge is -2.20. The van der Waals surface area contributed by atoms with Crippen molar-refractivity contribution in [1.29, 1.82) is 0 Å². The van der Waals surface area contributed by atoms with Crippen LogP contribution in [0.2, 0.25) is 0 Å². The molecule has 4 heteroatoms. The van der Waals surface area contributed by atoms with Crippen molar-refractivity contribution >= 4 is 29.0 Å². The monoisotopic (exact) mass is 252 g/mol. The van der Waals surface area contributed by atoms with Gasteiger partial charge in [0, 0.05) is 23.4 Å². The molecule has 0 atom stereocenters. The highest BCUT2D eigenvalue weighted by molar-refractivity contribution is 6.35. The molecular weight excluding hydrogens is 240 g/mol. The van der Waals surface area contributed by atoms with Gasteiger partial charge in [-0.2, -0.15) is 0 Å². The van der Waals surface area contributed by atoms with E-state index >= 15 is 0 Å². The maximum absolute atomic E-state index is 12.1. The van der Waals surface area contributed by atoms with E-state index in [0.717, 1.165) is 6.42 Å². The second-order valence-corrected chi connectivity index (χ2v) is 4.80. The van der Waals surface area contributed by atoms with E-state index in [0.29, 0.717) is 36.3 Å². The van der Waals surface area contributed by atoms with Crippen LogP contribution in [0.4, 0.5) is 0 Å². The maximum atomic E-state index is 12.1. The van der Waals surface area contributed by atoms with Crippen molar-refractivity contribution in [1.82, 2.24) is 0 Å². The van der Waals surface area contributed by atoms with Crippen LogP contribution < -0.4 is 0 Å². The standard InChI is InChI=1S/C13H13ClO3/c14-9-5-2-1-4-8(9)13(17)12-10(15)6-3-7-11(12)16/h1,4,12H,2-3,5-7H2. The number of Topliss-reactive ketones (excluding diaryl/α,β-unsaturated/α-hetero) is 3. The predicted molar refractivity (Wildman–Crippen MR) is 63.6 cm³/mol. The van der Waals surface area contributed by atoms with Crippen LogP contribution in [0.5, 0.6) is 0 Å². The van der Waals surface area contributed by atoms with Gasteiger partial charge in [0.25, 0.3) is 0 Å². The molecule has 0 aromatic rings. The van der Waals surface area contributed by atoms with Crippen LogP contribution in [0.25, 0.3) is 0 Å². The van der Waals surface area contributed by atoms with E-state index in [9.17, 15) is 14.4 Å². The number of carbonyl (C=O) groups excluding carboxylic acids is 3. The number of halogens is 1. The van der Waals surface area contributed by atoms with Crippen molar-refractivity contribution in [3.63, 3.8) is 0 Å². The summed E-state index contributed by atoms with van der Waals surface area (Å²) < 4.78 is 0. The molecule has 0 bridgehead atoms. The van der Waals surface area contributed by atoms with Crippen LogP contribution >= 0.6 is 11.6 Å². The van der Waals surface area contributed by atoms with Crippen molar-refractivity contribution < 1.29 is 14.4 Å². The molecule has 17 heavy (non-hydrogen) atoms. The third-order valence-electron chi connectivity index (χ3n) is 3.13. The number of carbonyl (C=O) groups is 3. The summed E-state index contributed by atoms with van der Waals surface area (Å²) in [5.41, 5.74) is 0.339. The lowest BCUT2D eigenvalue weighted by Crippen LogP contribution is -2.36. The SMILES string of the molecule is O=C1CCCC(=O)C1C(=O)C1=C(Cl)CCC=C1. The molecule has 0 radical (unpaired) electrons. The number of rotatable bonds is 2. The van der Waals surface area contributed by atoms with Gasteiger partial charge in [-0.25, -0.2) is 0 Å². The molecule has 0 amide bonds. The molecule has 0 heterocycles. The third kappa shape index (κ3) is 2.39. The fourth-order valence-electron chi connectivity index (χ4n) is 2.21. The zero-order valence-corrected chi connectivity index (χ0v) is 10.1. The van der Waals surface area contributed by atoms with Gasteiger partial charge in [-0.1, -0.05) is 23.8 Å². The molecule has 2 rings (SSSR count). The van der Waals surface area contributed by atoms with E-state index in [1.54, 1.807) is 6.08 Å². The van der Waals surface area contributed by atoms with E-state index in [1.165, 1.54) is 0 Å². The first-order valence-electron chi connectivity index (χ1n) is 5.76. The molecule has 2 aliphatic rings. The van der Waals surface area contributed by atoms with Crippen LogP contribution in [-0.2, 0) is 14.4 Å². The predicted octanol–water partition coefficient (Wildman–Crippen LogP) is 2.34. The summed E-state index contributed by atoms with van der Waals surface area (Å²) in [5, 5.41) is 0.462. The highest BCUT2D eigenvalue weighted by atomic mass is 35.5. The van der Waals surface area contributed by atoms with Gasteiger partial charge in [0.15, 0.2) is 17.3 Å². The summed E-state index contributed by atoms with van der Waals surface area (Å²) >= 11 is 5.98. The van der Waals surface area contributed by atoms with Crippen LogP contribution in [0, 0.1) is 5.92 Å². The van der Waals surface area contributed by atoms with E-state index in [-0.39, 0.29) is 11.6 Å². The van der Waals surface area contributed by atoms with Crippen molar-refractivity contribution in [3.8, 4) is 0 Å². The minimum atomic E-state index is -1.10. The summed E-state index contributed by atoms with van der Waals surface area (Å²) in [6.45, 7) is 0. The average Bonchev–Trinajstić information content (AvgIpc) is 2.29. The zero-order valence-electron chi connectivity index (χ0n) is 9.37. The summed E-state index contributed by atoms with van der Waals surface area (Å²) in [7, 11) is 0. The number of ketones is 3. The van der Waals surface area contributed by atoms with Gasteiger partial charge in [-0.05, 0) is 19.3 Å². The number of hydrogen-bond acceptors (Lipinski definition) is 3. The molecular formula is C13H13ClO3. The number of allylic oxidation sites excluding steroid dienone is 4. The molecule has 1 saturated carbocycles. The highest BCUT2D eigenvalue weighted by Crippen LogP contribution is 2.28. The molecule has 2 aliphatic carbocycles. The Labute approximate surface area is 105 Å². The Morgan fingerprint density at radius 3 is 2.41 bits per heavy atom. The van der Waals surface area contributed by atoms with Crippen LogP contribution in [0.3, 0.4) is 0 Å². The Morgan fingerprint density at radius 2 is 1.82 bits per heavy atom. The van der Waals surface area contributed by atoms with E-state index in [2.05, 4.69) is 0 Å². The molecule has 3 nitrogen and oxygen atoms in total. The zero-order chi connectivity index (χ0) is 12.4. The Morgan fingerprint density at radius 1 is 1.18 bits per heavy atom. The third-order valence-corrected chi connectivity index (χ3v) is 3.52. The molecule has 0 N–H and O–H groups in total. The van der Waals surface area contributed by atoms with Gasteiger partial charge >= 0.3 is 0 Å². The quantitative estimate of drug-likeness (QED) is 0.709. The van der Waals surface area contributed by atoms with Crippen molar-refractivity contribution in [2.75, 3.05) is 0 Å². The van der Waals surface area contributed by atoms with E-state index in [1.807, 2.05) is 6.08 Å². The summed E-state index contributed by atoms with van der Waals surface area (Å²) in [6.07, 6.45) is 6.06. The fourth-order valence-corrected chi connectivity index (χ4v) is 2.47. The Balaban J connectivity index is 2.27. The van der Waals surface area contributed by atoms with Gasteiger partial charge in [-0.15, -0.1) is 0 Å². The average molecular weight is 253 g/mol. The lowest BCUT2D eigenvalue weighted by atomic mass is 9.80. The first-order chi connectivity index (χ1) is 8.11. The minimum Gasteiger partial charge on any atom is -0.298 e. The second-order valence-electron chi connectivity index (χ2n) is 4.34. The molecule has 1 fully saturated rings. The van der Waals surface area contributed by atoms with Crippen LogP contribution in [-0.4, -0.2) is 17.3 Å². The topological polar surface area (TPSA) is 51.2 Å².